The summed E-state index contributed by atoms with van der Waals surface area (Å²) in [4.78, 5) is 27.1. The number of benzene rings is 2. The molecule has 0 aliphatic carbocycles. The van der Waals surface area contributed by atoms with E-state index >= 15 is 0 Å². The van der Waals surface area contributed by atoms with E-state index in [2.05, 4.69) is 5.32 Å². The van der Waals surface area contributed by atoms with Gasteiger partial charge in [0.05, 0.1) is 19.3 Å². The summed E-state index contributed by atoms with van der Waals surface area (Å²) in [5.41, 5.74) is 1.61. The summed E-state index contributed by atoms with van der Waals surface area (Å²) in [5, 5.41) is 3.48. The molecule has 0 radical (unpaired) electrons. The minimum atomic E-state index is -0.119. The fourth-order valence-electron chi connectivity index (χ4n) is 3.69. The van der Waals surface area contributed by atoms with E-state index in [0.717, 1.165) is 17.7 Å². The van der Waals surface area contributed by atoms with Gasteiger partial charge in [-0.25, -0.2) is 0 Å². The van der Waals surface area contributed by atoms with E-state index in [1.165, 1.54) is 7.11 Å². The van der Waals surface area contributed by atoms with Crippen LogP contribution in [0, 0.1) is 12.8 Å². The first-order valence-electron chi connectivity index (χ1n) is 10.6. The Morgan fingerprint density at radius 1 is 1.16 bits per heavy atom. The number of likely N-dealkylation sites (tertiary alicyclic amines) is 1. The van der Waals surface area contributed by atoms with Crippen LogP contribution in [0.3, 0.4) is 0 Å². The van der Waals surface area contributed by atoms with Crippen molar-refractivity contribution < 1.29 is 19.1 Å². The minimum absolute atomic E-state index is 0.0444. The number of ether oxygens (including phenoxy) is 2. The molecule has 0 atom stereocenters. The Morgan fingerprint density at radius 2 is 1.94 bits per heavy atom. The average Bonchev–Trinajstić information content (AvgIpc) is 2.78. The summed E-state index contributed by atoms with van der Waals surface area (Å²) in [6, 6.07) is 12.9. The Kier molecular flexibility index (Phi) is 8.18. The normalized spacial score (nSPS) is 14.2. The number of methoxy groups -OCH3 is 1. The first-order valence-corrected chi connectivity index (χ1v) is 11.0. The topological polar surface area (TPSA) is 67.9 Å². The van der Waals surface area contributed by atoms with Crippen LogP contribution in [0.25, 0.3) is 0 Å². The van der Waals surface area contributed by atoms with Crippen LogP contribution in [-0.2, 0) is 4.79 Å². The number of nitrogens with zero attached hydrogens (tertiary/aromatic N) is 1. The van der Waals surface area contributed by atoms with Gasteiger partial charge >= 0.3 is 0 Å². The number of piperidine rings is 1. The van der Waals surface area contributed by atoms with Crippen LogP contribution in [0.15, 0.2) is 42.5 Å². The third kappa shape index (κ3) is 6.37. The van der Waals surface area contributed by atoms with Gasteiger partial charge in [-0.15, -0.1) is 0 Å². The maximum absolute atomic E-state index is 12.9. The molecule has 31 heavy (non-hydrogen) atoms. The third-order valence-electron chi connectivity index (χ3n) is 5.42. The van der Waals surface area contributed by atoms with Gasteiger partial charge in [-0.05, 0) is 62.1 Å². The fraction of sp³-hybridized carbons (Fsp3) is 0.417. The van der Waals surface area contributed by atoms with Crippen molar-refractivity contribution in [3.05, 3.63) is 58.6 Å². The van der Waals surface area contributed by atoms with Gasteiger partial charge in [0.2, 0.25) is 5.91 Å². The molecule has 1 aliphatic rings. The molecule has 0 spiro atoms. The van der Waals surface area contributed by atoms with Gasteiger partial charge in [0.15, 0.2) is 0 Å². The highest BCUT2D eigenvalue weighted by atomic mass is 35.5. The molecule has 6 nitrogen and oxygen atoms in total. The van der Waals surface area contributed by atoms with Gasteiger partial charge in [0.25, 0.3) is 5.91 Å². The quantitative estimate of drug-likeness (QED) is 0.622. The Labute approximate surface area is 188 Å². The van der Waals surface area contributed by atoms with Crippen LogP contribution in [0.5, 0.6) is 11.5 Å². The Morgan fingerprint density at radius 3 is 2.65 bits per heavy atom. The second kappa shape index (κ2) is 11.0. The number of amides is 2. The Bertz CT molecular complexity index is 910. The summed E-state index contributed by atoms with van der Waals surface area (Å²) in [6.07, 6.45) is 2.02. The van der Waals surface area contributed by atoms with Crippen molar-refractivity contribution in [1.82, 2.24) is 10.2 Å². The smallest absolute Gasteiger partial charge is 0.257 e. The Balaban J connectivity index is 1.39. The van der Waals surface area contributed by atoms with E-state index in [9.17, 15) is 9.59 Å². The number of carbonyl (C=O) groups is 2. The summed E-state index contributed by atoms with van der Waals surface area (Å²) >= 11 is 6.05. The van der Waals surface area contributed by atoms with Gasteiger partial charge < -0.3 is 19.7 Å². The second-order valence-electron chi connectivity index (χ2n) is 7.72. The molecule has 2 aromatic rings. The molecule has 1 N–H and O–H groups in total. The largest absolute Gasteiger partial charge is 0.496 e. The van der Waals surface area contributed by atoms with Gasteiger partial charge in [0, 0.05) is 30.6 Å². The zero-order valence-electron chi connectivity index (χ0n) is 18.0. The van der Waals surface area contributed by atoms with Gasteiger partial charge in [-0.3, -0.25) is 9.59 Å². The zero-order valence-corrected chi connectivity index (χ0v) is 18.8. The first-order chi connectivity index (χ1) is 15.0. The van der Waals surface area contributed by atoms with Crippen LogP contribution < -0.4 is 14.8 Å². The van der Waals surface area contributed by atoms with Gasteiger partial charge in [-0.2, -0.15) is 0 Å². The number of halogens is 1. The first kappa shape index (κ1) is 22.9. The van der Waals surface area contributed by atoms with Crippen molar-refractivity contribution in [1.29, 1.82) is 0 Å². The molecule has 2 amide bonds. The SMILES string of the molecule is COc1ccc(Cl)cc1C(=O)N1CCC(C(=O)NCCCOc2cccc(C)c2)CC1. The molecule has 0 saturated carbocycles. The summed E-state index contributed by atoms with van der Waals surface area (Å²) in [7, 11) is 1.53. The highest BCUT2D eigenvalue weighted by molar-refractivity contribution is 6.31. The molecule has 0 aromatic heterocycles. The summed E-state index contributed by atoms with van der Waals surface area (Å²) in [6.45, 7) is 4.21. The average molecular weight is 445 g/mol. The number of aryl methyl sites for hydroxylation is 1. The molecule has 0 unspecified atom stereocenters. The number of hydrogen-bond donors (Lipinski definition) is 1. The van der Waals surface area contributed by atoms with Gasteiger partial charge in [-0.1, -0.05) is 23.7 Å². The van der Waals surface area contributed by atoms with E-state index in [0.29, 0.717) is 55.4 Å². The van der Waals surface area contributed by atoms with Crippen molar-refractivity contribution in [2.75, 3.05) is 33.4 Å². The zero-order chi connectivity index (χ0) is 22.2. The van der Waals surface area contributed by atoms with Crippen molar-refractivity contribution in [2.45, 2.75) is 26.2 Å². The standard InChI is InChI=1S/C24H29ClN2O4/c1-17-5-3-6-20(15-17)31-14-4-11-26-23(28)18-9-12-27(13-10-18)24(29)21-16-19(25)7-8-22(21)30-2/h3,5-8,15-16,18H,4,9-14H2,1-2H3,(H,26,28). The summed E-state index contributed by atoms with van der Waals surface area (Å²) < 4.78 is 11.0. The third-order valence-corrected chi connectivity index (χ3v) is 5.66. The van der Waals surface area contributed by atoms with Crippen LogP contribution in [0.1, 0.15) is 35.2 Å². The second-order valence-corrected chi connectivity index (χ2v) is 8.16. The van der Waals surface area contributed by atoms with Crippen molar-refractivity contribution in [3.63, 3.8) is 0 Å². The fourth-order valence-corrected chi connectivity index (χ4v) is 3.86. The lowest BCUT2D eigenvalue weighted by Gasteiger charge is -2.31. The molecule has 2 aromatic carbocycles. The Hall–Kier alpha value is -2.73. The highest BCUT2D eigenvalue weighted by Gasteiger charge is 2.28. The molecular formula is C24H29ClN2O4. The maximum atomic E-state index is 12.9. The number of hydrogen-bond acceptors (Lipinski definition) is 4. The molecule has 3 rings (SSSR count). The molecular weight excluding hydrogens is 416 g/mol. The molecule has 1 saturated heterocycles. The maximum Gasteiger partial charge on any atom is 0.257 e. The molecule has 1 fully saturated rings. The number of carbonyl (C=O) groups excluding carboxylic acids is 2. The van der Waals surface area contributed by atoms with E-state index in [-0.39, 0.29) is 17.7 Å². The molecule has 166 valence electrons. The number of nitrogens with one attached hydrogen (secondary N) is 1. The lowest BCUT2D eigenvalue weighted by molar-refractivity contribution is -0.126. The van der Waals surface area contributed by atoms with Crippen molar-refractivity contribution in [2.24, 2.45) is 5.92 Å². The lowest BCUT2D eigenvalue weighted by Crippen LogP contribution is -2.43. The van der Waals surface area contributed by atoms with E-state index in [4.69, 9.17) is 21.1 Å². The van der Waals surface area contributed by atoms with E-state index in [1.54, 1.807) is 23.1 Å². The van der Waals surface area contributed by atoms with Crippen LogP contribution in [-0.4, -0.2) is 50.1 Å². The molecule has 7 heteroatoms. The molecule has 1 aliphatic heterocycles. The van der Waals surface area contributed by atoms with E-state index in [1.807, 2.05) is 31.2 Å². The van der Waals surface area contributed by atoms with Gasteiger partial charge in [0.1, 0.15) is 11.5 Å². The van der Waals surface area contributed by atoms with E-state index < -0.39 is 0 Å². The minimum Gasteiger partial charge on any atom is -0.496 e. The predicted octanol–water partition coefficient (Wildman–Crippen LogP) is 4.09. The highest BCUT2D eigenvalue weighted by Crippen LogP contribution is 2.26. The summed E-state index contributed by atoms with van der Waals surface area (Å²) in [5.74, 6) is 1.19. The van der Waals surface area contributed by atoms with Crippen LogP contribution >= 0.6 is 11.6 Å². The predicted molar refractivity (Wildman–Crippen MR) is 121 cm³/mol. The van der Waals surface area contributed by atoms with Crippen molar-refractivity contribution >= 4 is 23.4 Å². The molecule has 0 bridgehead atoms. The molecule has 1 heterocycles. The number of rotatable bonds is 8. The van der Waals surface area contributed by atoms with Crippen molar-refractivity contribution in [3.8, 4) is 11.5 Å². The van der Waals surface area contributed by atoms with Crippen LogP contribution in [0.4, 0.5) is 0 Å². The monoisotopic (exact) mass is 444 g/mol. The van der Waals surface area contributed by atoms with Crippen LogP contribution in [0.2, 0.25) is 5.02 Å². The lowest BCUT2D eigenvalue weighted by atomic mass is 9.95.